The van der Waals surface area contributed by atoms with E-state index in [0.717, 1.165) is 14.5 Å². The largest absolute Gasteiger partial charge is 0.504 e. The van der Waals surface area contributed by atoms with E-state index in [1.807, 2.05) is 0 Å². The second-order valence-electron chi connectivity index (χ2n) is 3.29. The third-order valence-electron chi connectivity index (χ3n) is 2.05. The Balaban J connectivity index is 3.41. The Kier molecular flexibility index (Phi) is 4.83. The first-order valence-electron chi connectivity index (χ1n) is 4.54. The molecule has 0 spiro atoms. The molecule has 5 heteroatoms. The van der Waals surface area contributed by atoms with E-state index in [9.17, 15) is 5.11 Å². The molecule has 2 N–H and O–H groups in total. The highest BCUT2D eigenvalue weighted by atomic mass is 79.9. The highest BCUT2D eigenvalue weighted by Crippen LogP contribution is 2.41. The number of aromatic hydroxyl groups is 1. The van der Waals surface area contributed by atoms with Crippen molar-refractivity contribution in [3.63, 3.8) is 0 Å². The summed E-state index contributed by atoms with van der Waals surface area (Å²) in [6.45, 7) is 1.72. The number of benzene rings is 1. The van der Waals surface area contributed by atoms with Crippen molar-refractivity contribution in [1.82, 2.24) is 0 Å². The summed E-state index contributed by atoms with van der Waals surface area (Å²) in [4.78, 5) is 0. The Bertz CT molecular complexity index is 428. The molecule has 16 heavy (non-hydrogen) atoms. The highest BCUT2D eigenvalue weighted by Gasteiger charge is 2.13. The van der Waals surface area contributed by atoms with Crippen LogP contribution >= 0.6 is 31.9 Å². The first-order chi connectivity index (χ1) is 7.51. The number of aliphatic hydroxyl groups excluding tert-OH is 1. The molecule has 0 saturated carbocycles. The van der Waals surface area contributed by atoms with Gasteiger partial charge in [-0.2, -0.15) is 0 Å². The molecule has 0 aliphatic carbocycles. The molecule has 0 atom stereocenters. The zero-order valence-corrected chi connectivity index (χ0v) is 12.1. The van der Waals surface area contributed by atoms with Crippen LogP contribution in [-0.4, -0.2) is 23.9 Å². The quantitative estimate of drug-likeness (QED) is 0.878. The van der Waals surface area contributed by atoms with Gasteiger partial charge < -0.3 is 14.9 Å². The molecule has 0 amide bonds. The molecule has 0 saturated heterocycles. The topological polar surface area (TPSA) is 49.7 Å². The van der Waals surface area contributed by atoms with Gasteiger partial charge in [-0.25, -0.2) is 0 Å². The normalized spacial score (nSPS) is 11.7. The van der Waals surface area contributed by atoms with Crippen LogP contribution in [0.15, 0.2) is 20.6 Å². The van der Waals surface area contributed by atoms with Gasteiger partial charge in [-0.3, -0.25) is 0 Å². The molecule has 0 aromatic heterocycles. The molecular weight excluding hydrogens is 340 g/mol. The Morgan fingerprint density at radius 1 is 1.50 bits per heavy atom. The lowest BCUT2D eigenvalue weighted by molar-refractivity contribution is 0.332. The van der Waals surface area contributed by atoms with Gasteiger partial charge in [0.1, 0.15) is 0 Å². The maximum Gasteiger partial charge on any atom is 0.166 e. The van der Waals surface area contributed by atoms with Gasteiger partial charge in [-0.1, -0.05) is 0 Å². The molecule has 1 aromatic rings. The second-order valence-corrected chi connectivity index (χ2v) is 4.93. The van der Waals surface area contributed by atoms with E-state index in [1.54, 1.807) is 19.1 Å². The average Bonchev–Trinajstić information content (AvgIpc) is 2.28. The minimum atomic E-state index is -0.0549. The Morgan fingerprint density at radius 3 is 2.62 bits per heavy atom. The molecule has 1 aromatic carbocycles. The number of halogens is 2. The van der Waals surface area contributed by atoms with Crippen molar-refractivity contribution < 1.29 is 14.9 Å². The predicted molar refractivity (Wildman–Crippen MR) is 70.8 cm³/mol. The van der Waals surface area contributed by atoms with E-state index in [1.165, 1.54) is 7.11 Å². The third-order valence-corrected chi connectivity index (χ3v) is 4.06. The number of ether oxygens (including phenoxy) is 1. The van der Waals surface area contributed by atoms with Gasteiger partial charge in [0.2, 0.25) is 0 Å². The molecule has 0 aliphatic rings. The van der Waals surface area contributed by atoms with Crippen LogP contribution in [-0.2, 0) is 0 Å². The fourth-order valence-corrected chi connectivity index (χ4v) is 2.03. The Morgan fingerprint density at radius 2 is 2.12 bits per heavy atom. The fourth-order valence-electron chi connectivity index (χ4n) is 1.19. The molecule has 0 aliphatic heterocycles. The standard InChI is InChI=1S/C11H12Br2O3/c1-6(5-14)3-7-10(13)8(12)4-9(16-2)11(7)15/h3-4,14-15H,5H2,1-2H3/b6-3+. The summed E-state index contributed by atoms with van der Waals surface area (Å²) in [5.41, 5.74) is 1.33. The van der Waals surface area contributed by atoms with Gasteiger partial charge in [-0.05, 0) is 56.5 Å². The van der Waals surface area contributed by atoms with E-state index < -0.39 is 0 Å². The summed E-state index contributed by atoms with van der Waals surface area (Å²) >= 11 is 6.72. The molecular formula is C11H12Br2O3. The summed E-state index contributed by atoms with van der Waals surface area (Å²) in [5, 5.41) is 18.9. The summed E-state index contributed by atoms with van der Waals surface area (Å²) in [6, 6.07) is 1.67. The summed E-state index contributed by atoms with van der Waals surface area (Å²) < 4.78 is 6.54. The Hall–Kier alpha value is -0.520. The average molecular weight is 352 g/mol. The lowest BCUT2D eigenvalue weighted by Crippen LogP contribution is -1.90. The van der Waals surface area contributed by atoms with Gasteiger partial charge in [0.25, 0.3) is 0 Å². The van der Waals surface area contributed by atoms with Crippen molar-refractivity contribution >= 4 is 37.9 Å². The van der Waals surface area contributed by atoms with Crippen molar-refractivity contribution in [2.24, 2.45) is 0 Å². The highest BCUT2D eigenvalue weighted by molar-refractivity contribution is 9.13. The molecule has 88 valence electrons. The van der Waals surface area contributed by atoms with E-state index >= 15 is 0 Å². The predicted octanol–water partition coefficient (Wildman–Crippen LogP) is 3.32. The van der Waals surface area contributed by atoms with Crippen molar-refractivity contribution in [2.45, 2.75) is 6.92 Å². The van der Waals surface area contributed by atoms with Crippen LogP contribution in [0.25, 0.3) is 6.08 Å². The van der Waals surface area contributed by atoms with E-state index in [2.05, 4.69) is 31.9 Å². The first kappa shape index (κ1) is 13.5. The molecule has 0 radical (unpaired) electrons. The number of aliphatic hydroxyl groups is 1. The molecule has 1 rings (SSSR count). The number of phenols is 1. The molecule has 0 bridgehead atoms. The van der Waals surface area contributed by atoms with Crippen LogP contribution < -0.4 is 4.74 Å². The lowest BCUT2D eigenvalue weighted by Gasteiger charge is -2.10. The van der Waals surface area contributed by atoms with Gasteiger partial charge in [0.15, 0.2) is 11.5 Å². The van der Waals surface area contributed by atoms with Crippen molar-refractivity contribution in [2.75, 3.05) is 13.7 Å². The lowest BCUT2D eigenvalue weighted by atomic mass is 10.1. The number of rotatable bonds is 3. The van der Waals surface area contributed by atoms with E-state index in [-0.39, 0.29) is 12.4 Å². The molecule has 0 fully saturated rings. The molecule has 3 nitrogen and oxygen atoms in total. The smallest absolute Gasteiger partial charge is 0.166 e. The monoisotopic (exact) mass is 350 g/mol. The molecule has 0 unspecified atom stereocenters. The van der Waals surface area contributed by atoms with Crippen LogP contribution in [0.3, 0.4) is 0 Å². The van der Waals surface area contributed by atoms with E-state index in [0.29, 0.717) is 11.3 Å². The minimum Gasteiger partial charge on any atom is -0.504 e. The van der Waals surface area contributed by atoms with Crippen LogP contribution in [0.4, 0.5) is 0 Å². The Labute approximate surface area is 111 Å². The summed E-state index contributed by atoms with van der Waals surface area (Å²) in [7, 11) is 1.49. The van der Waals surface area contributed by atoms with Gasteiger partial charge in [0, 0.05) is 14.5 Å². The van der Waals surface area contributed by atoms with Crippen molar-refractivity contribution in [1.29, 1.82) is 0 Å². The van der Waals surface area contributed by atoms with Gasteiger partial charge in [0.05, 0.1) is 13.7 Å². The minimum absolute atomic E-state index is 0.0466. The summed E-state index contributed by atoms with van der Waals surface area (Å²) in [5.74, 6) is 0.428. The van der Waals surface area contributed by atoms with Crippen molar-refractivity contribution in [3.05, 3.63) is 26.1 Å². The van der Waals surface area contributed by atoms with Crippen LogP contribution in [0.2, 0.25) is 0 Å². The number of hydrogen-bond acceptors (Lipinski definition) is 3. The zero-order chi connectivity index (χ0) is 12.3. The molecule has 0 heterocycles. The number of hydrogen-bond donors (Lipinski definition) is 2. The van der Waals surface area contributed by atoms with Gasteiger partial charge >= 0.3 is 0 Å². The maximum atomic E-state index is 9.94. The van der Waals surface area contributed by atoms with Crippen LogP contribution in [0.5, 0.6) is 11.5 Å². The van der Waals surface area contributed by atoms with E-state index in [4.69, 9.17) is 9.84 Å². The van der Waals surface area contributed by atoms with Crippen LogP contribution in [0.1, 0.15) is 12.5 Å². The van der Waals surface area contributed by atoms with Crippen LogP contribution in [0, 0.1) is 0 Å². The first-order valence-corrected chi connectivity index (χ1v) is 6.12. The van der Waals surface area contributed by atoms with Crippen molar-refractivity contribution in [3.8, 4) is 11.5 Å². The maximum absolute atomic E-state index is 9.94. The zero-order valence-electron chi connectivity index (χ0n) is 8.92. The number of methoxy groups -OCH3 is 1. The fraction of sp³-hybridized carbons (Fsp3) is 0.273. The summed E-state index contributed by atoms with van der Waals surface area (Å²) in [6.07, 6.45) is 1.70. The SMILES string of the molecule is COc1cc(Br)c(Br)c(/C=C(\C)CO)c1O. The number of phenolic OH excluding ortho intramolecular Hbond substituents is 1. The van der Waals surface area contributed by atoms with Gasteiger partial charge in [-0.15, -0.1) is 0 Å². The third kappa shape index (κ3) is 2.78. The second kappa shape index (κ2) is 5.70.